The van der Waals surface area contributed by atoms with Gasteiger partial charge in [0.2, 0.25) is 0 Å². The minimum absolute atomic E-state index is 0.161. The molecule has 0 saturated heterocycles. The average Bonchev–Trinajstić information content (AvgIpc) is 3.86. The fourth-order valence-electron chi connectivity index (χ4n) is 7.27. The molecule has 1 fully saturated rings. The van der Waals surface area contributed by atoms with E-state index in [4.69, 9.17) is 4.74 Å². The Kier molecular flexibility index (Phi) is 7.52. The van der Waals surface area contributed by atoms with Crippen molar-refractivity contribution in [3.05, 3.63) is 151 Å². The molecule has 0 amide bonds. The van der Waals surface area contributed by atoms with Gasteiger partial charge in [0.05, 0.1) is 0 Å². The first kappa shape index (κ1) is 29.7. The highest BCUT2D eigenvalue weighted by atomic mass is 16.5. The van der Waals surface area contributed by atoms with Crippen molar-refractivity contribution in [2.45, 2.75) is 31.5 Å². The number of carbonyl (C=O) groups is 1. The zero-order valence-electron chi connectivity index (χ0n) is 26.9. The number of rotatable bonds is 10. The minimum Gasteiger partial charge on any atom is -0.479 e. The number of hydrogen-bond donors (Lipinski definition) is 2. The van der Waals surface area contributed by atoms with E-state index in [1.807, 2.05) is 48.3 Å². The predicted molar refractivity (Wildman–Crippen MR) is 187 cm³/mol. The number of anilines is 2. The van der Waals surface area contributed by atoms with Gasteiger partial charge in [-0.2, -0.15) is 4.57 Å². The van der Waals surface area contributed by atoms with Gasteiger partial charge in [0.15, 0.2) is 44.6 Å². The third-order valence-electron chi connectivity index (χ3n) is 9.99. The SMILES string of the molecule is CN1c2ccc(OCNc3ccc[n+](Cc4ccc5cc(C[n+]6ccc(-c7ccccc7)cc6)ccc5c4)c3)cc2CC2CC21C(=O)O. The van der Waals surface area contributed by atoms with Crippen molar-refractivity contribution < 1.29 is 23.8 Å². The van der Waals surface area contributed by atoms with Gasteiger partial charge in [-0.15, -0.1) is 0 Å². The van der Waals surface area contributed by atoms with Crippen molar-refractivity contribution in [2.75, 3.05) is 24.0 Å². The smallest absolute Gasteiger partial charge is 0.329 e. The predicted octanol–water partition coefficient (Wildman–Crippen LogP) is 6.46. The third-order valence-corrected chi connectivity index (χ3v) is 9.99. The van der Waals surface area contributed by atoms with Crippen LogP contribution in [0.15, 0.2) is 134 Å². The zero-order chi connectivity index (χ0) is 32.7. The summed E-state index contributed by atoms with van der Waals surface area (Å²) in [5.74, 6) is 0.214. The molecule has 1 aliphatic heterocycles. The van der Waals surface area contributed by atoms with E-state index in [0.29, 0.717) is 13.2 Å². The van der Waals surface area contributed by atoms with Crippen LogP contribution in [-0.2, 0) is 24.3 Å². The Labute approximate surface area is 280 Å². The van der Waals surface area contributed by atoms with Crippen molar-refractivity contribution >= 4 is 28.1 Å². The van der Waals surface area contributed by atoms with Gasteiger partial charge in [-0.3, -0.25) is 0 Å². The molecule has 0 spiro atoms. The highest BCUT2D eigenvalue weighted by molar-refractivity contribution is 5.90. The second-order valence-corrected chi connectivity index (χ2v) is 13.1. The molecular weight excluding hydrogens is 596 g/mol. The van der Waals surface area contributed by atoms with E-state index in [1.165, 1.54) is 33.0 Å². The lowest BCUT2D eigenvalue weighted by Gasteiger charge is -2.34. The first-order valence-electron chi connectivity index (χ1n) is 16.5. The number of benzene rings is 4. The van der Waals surface area contributed by atoms with Gasteiger partial charge in [0, 0.05) is 42.1 Å². The second-order valence-electron chi connectivity index (χ2n) is 13.1. The highest BCUT2D eigenvalue weighted by Gasteiger charge is 2.65. The molecule has 4 aromatic carbocycles. The van der Waals surface area contributed by atoms with Crippen LogP contribution in [0.5, 0.6) is 5.75 Å². The first-order valence-corrected chi connectivity index (χ1v) is 16.5. The van der Waals surface area contributed by atoms with Gasteiger partial charge in [0.1, 0.15) is 17.0 Å². The Hall–Kier alpha value is -5.69. The van der Waals surface area contributed by atoms with Crippen molar-refractivity contribution in [2.24, 2.45) is 5.92 Å². The van der Waals surface area contributed by atoms with Gasteiger partial charge in [-0.05, 0) is 82.6 Å². The molecule has 2 unspecified atom stereocenters. The zero-order valence-corrected chi connectivity index (χ0v) is 26.9. The molecule has 238 valence electrons. The van der Waals surface area contributed by atoms with Crippen LogP contribution < -0.4 is 24.1 Å². The maximum atomic E-state index is 11.9. The van der Waals surface area contributed by atoms with E-state index >= 15 is 0 Å². The summed E-state index contributed by atoms with van der Waals surface area (Å²) >= 11 is 0. The Morgan fingerprint density at radius 2 is 1.54 bits per heavy atom. The number of likely N-dealkylation sites (N-methyl/N-ethyl adjacent to an activating group) is 1. The first-order chi connectivity index (χ1) is 23.4. The van der Waals surface area contributed by atoms with E-state index in [9.17, 15) is 9.90 Å². The van der Waals surface area contributed by atoms with Crippen LogP contribution in [0.25, 0.3) is 21.9 Å². The fraction of sp³-hybridized carbons (Fsp3) is 0.195. The lowest BCUT2D eigenvalue weighted by atomic mass is 9.96. The number of hydrogen-bond acceptors (Lipinski definition) is 4. The monoisotopic (exact) mass is 634 g/mol. The van der Waals surface area contributed by atoms with Crippen molar-refractivity contribution in [1.29, 1.82) is 0 Å². The molecule has 48 heavy (non-hydrogen) atoms. The lowest BCUT2D eigenvalue weighted by molar-refractivity contribution is -0.688. The molecule has 1 saturated carbocycles. The van der Waals surface area contributed by atoms with Crippen LogP contribution in [0.2, 0.25) is 0 Å². The summed E-state index contributed by atoms with van der Waals surface area (Å²) in [7, 11) is 1.89. The van der Waals surface area contributed by atoms with E-state index in [2.05, 4.69) is 112 Å². The van der Waals surface area contributed by atoms with Crippen LogP contribution >= 0.6 is 0 Å². The number of fused-ring (bicyclic) bond motifs is 3. The molecule has 7 nitrogen and oxygen atoms in total. The average molecular weight is 635 g/mol. The third kappa shape index (κ3) is 5.72. The number of ether oxygens (including phenoxy) is 1. The number of carboxylic acid groups (broad SMARTS) is 1. The second kappa shape index (κ2) is 12.2. The Balaban J connectivity index is 0.874. The van der Waals surface area contributed by atoms with Gasteiger partial charge in [-0.1, -0.05) is 54.6 Å². The number of carboxylic acids is 1. The normalized spacial score (nSPS) is 17.8. The van der Waals surface area contributed by atoms with Crippen LogP contribution in [0, 0.1) is 5.92 Å². The van der Waals surface area contributed by atoms with E-state index in [1.54, 1.807) is 0 Å². The van der Waals surface area contributed by atoms with Crippen LogP contribution in [-0.4, -0.2) is 30.4 Å². The van der Waals surface area contributed by atoms with Crippen LogP contribution in [0.4, 0.5) is 11.4 Å². The number of nitrogens with one attached hydrogen (secondary N) is 1. The Morgan fingerprint density at radius 1 is 0.833 bits per heavy atom. The van der Waals surface area contributed by atoms with Crippen molar-refractivity contribution in [1.82, 2.24) is 0 Å². The number of aliphatic carboxylic acids is 1. The van der Waals surface area contributed by atoms with Gasteiger partial charge >= 0.3 is 5.97 Å². The quantitative estimate of drug-likeness (QED) is 0.134. The van der Waals surface area contributed by atoms with Gasteiger partial charge in [-0.25, -0.2) is 9.36 Å². The summed E-state index contributed by atoms with van der Waals surface area (Å²) in [5.41, 5.74) is 7.33. The van der Waals surface area contributed by atoms with E-state index in [0.717, 1.165) is 42.2 Å². The van der Waals surface area contributed by atoms with Crippen LogP contribution in [0.1, 0.15) is 23.1 Å². The molecule has 2 atom stereocenters. The molecule has 3 heterocycles. The van der Waals surface area contributed by atoms with Gasteiger partial charge < -0.3 is 20.1 Å². The molecular formula is C41H38N4O3+2. The maximum absolute atomic E-state index is 11.9. The summed E-state index contributed by atoms with van der Waals surface area (Å²) in [5, 5.41) is 15.6. The molecule has 0 bridgehead atoms. The summed E-state index contributed by atoms with van der Waals surface area (Å²) in [6, 6.07) is 38.3. The number of pyridine rings is 2. The standard InChI is InChI=1S/C41H37N4O3/c1-43-39-14-13-38(23-35(39)22-36-24-41(36,43)40(46)47)48-28-42-37-8-5-17-45(27-37)26-30-10-12-33-20-29(9-11-34(33)21-30)25-44-18-15-32(16-19-44)31-6-3-2-4-7-31/h2-21,23,27,36,42H,22,24-26,28H2,1H3/q+1/p+1. The fourth-order valence-corrected chi connectivity index (χ4v) is 7.27. The molecule has 2 aliphatic rings. The molecule has 0 radical (unpaired) electrons. The van der Waals surface area contributed by atoms with E-state index in [-0.39, 0.29) is 5.92 Å². The summed E-state index contributed by atoms with van der Waals surface area (Å²) < 4.78 is 10.4. The summed E-state index contributed by atoms with van der Waals surface area (Å²) in [6.45, 7) is 1.91. The topological polar surface area (TPSA) is 69.6 Å². The summed E-state index contributed by atoms with van der Waals surface area (Å²) in [6.07, 6.45) is 9.94. The molecule has 2 aromatic heterocycles. The summed E-state index contributed by atoms with van der Waals surface area (Å²) in [4.78, 5) is 13.8. The maximum Gasteiger partial charge on any atom is 0.329 e. The highest BCUT2D eigenvalue weighted by Crippen LogP contribution is 2.56. The molecule has 1 aliphatic carbocycles. The molecule has 6 aromatic rings. The molecule has 7 heteroatoms. The number of nitrogens with zero attached hydrogens (tertiary/aromatic N) is 3. The Bertz CT molecular complexity index is 2130. The number of aromatic nitrogens is 2. The van der Waals surface area contributed by atoms with Crippen LogP contribution in [0.3, 0.4) is 0 Å². The lowest BCUT2D eigenvalue weighted by Crippen LogP contribution is -2.45. The van der Waals surface area contributed by atoms with E-state index < -0.39 is 11.5 Å². The molecule has 8 rings (SSSR count). The Morgan fingerprint density at radius 3 is 2.27 bits per heavy atom. The van der Waals surface area contributed by atoms with Crippen molar-refractivity contribution in [3.63, 3.8) is 0 Å². The van der Waals surface area contributed by atoms with Gasteiger partial charge in [0.25, 0.3) is 0 Å². The largest absolute Gasteiger partial charge is 0.479 e. The molecule has 2 N–H and O–H groups in total. The minimum atomic E-state index is -0.730. The van der Waals surface area contributed by atoms with Crippen molar-refractivity contribution in [3.8, 4) is 16.9 Å².